The van der Waals surface area contributed by atoms with E-state index in [1.165, 1.54) is 11.6 Å². The Bertz CT molecular complexity index is 889. The van der Waals surface area contributed by atoms with Gasteiger partial charge in [-0.05, 0) is 49.9 Å². The Morgan fingerprint density at radius 1 is 1.00 bits per heavy atom. The van der Waals surface area contributed by atoms with Gasteiger partial charge in [0.1, 0.15) is 5.82 Å². The molecule has 154 valence electrons. The maximum atomic E-state index is 14.1. The first-order valence-corrected chi connectivity index (χ1v) is 10.5. The van der Waals surface area contributed by atoms with Crippen molar-refractivity contribution >= 4 is 17.3 Å². The SMILES string of the molecule is C[C@H]1CC(C)(C)N(C(=O)CN2CCN(c3ccccc3F)CC2)c2ccccc21. The second-order valence-corrected chi connectivity index (χ2v) is 8.92. The first kappa shape index (κ1) is 19.9. The first-order valence-electron chi connectivity index (χ1n) is 10.5. The number of rotatable bonds is 3. The fourth-order valence-corrected chi connectivity index (χ4v) is 4.97. The molecule has 0 aliphatic carbocycles. The van der Waals surface area contributed by atoms with Gasteiger partial charge >= 0.3 is 0 Å². The number of benzene rings is 2. The topological polar surface area (TPSA) is 26.8 Å². The van der Waals surface area contributed by atoms with Gasteiger partial charge in [0, 0.05) is 37.4 Å². The fraction of sp³-hybridized carbons (Fsp3) is 0.458. The molecular weight excluding hydrogens is 365 g/mol. The molecule has 2 aliphatic heterocycles. The average Bonchev–Trinajstić information content (AvgIpc) is 2.68. The first-order chi connectivity index (χ1) is 13.9. The van der Waals surface area contributed by atoms with Crippen LogP contribution in [0.5, 0.6) is 0 Å². The van der Waals surface area contributed by atoms with E-state index in [2.05, 4.69) is 48.8 Å². The Morgan fingerprint density at radius 3 is 2.31 bits per heavy atom. The van der Waals surface area contributed by atoms with Crippen molar-refractivity contribution in [3.05, 3.63) is 59.9 Å². The van der Waals surface area contributed by atoms with Gasteiger partial charge in [-0.25, -0.2) is 4.39 Å². The van der Waals surface area contributed by atoms with Gasteiger partial charge in [-0.15, -0.1) is 0 Å². The summed E-state index contributed by atoms with van der Waals surface area (Å²) in [7, 11) is 0. The lowest BCUT2D eigenvalue weighted by Gasteiger charge is -2.47. The van der Waals surface area contributed by atoms with Gasteiger partial charge in [-0.3, -0.25) is 9.69 Å². The Labute approximate surface area is 172 Å². The molecule has 2 aromatic carbocycles. The number of hydrogen-bond acceptors (Lipinski definition) is 3. The highest BCUT2D eigenvalue weighted by Gasteiger charge is 2.40. The van der Waals surface area contributed by atoms with Crippen molar-refractivity contribution in [1.82, 2.24) is 4.90 Å². The highest BCUT2D eigenvalue weighted by molar-refractivity contribution is 5.97. The number of nitrogens with zero attached hydrogens (tertiary/aromatic N) is 3. The molecule has 0 bridgehead atoms. The Hall–Kier alpha value is -2.40. The standard InChI is InChI=1S/C24H30FN3O/c1-18-16-24(2,3)28(21-10-6-4-8-19(18)21)23(29)17-26-12-14-27(15-13-26)22-11-7-5-9-20(22)25/h4-11,18H,12-17H2,1-3H3/t18-/m0/s1. The molecule has 0 N–H and O–H groups in total. The van der Waals surface area contributed by atoms with E-state index in [1.807, 2.05) is 23.1 Å². The zero-order chi connectivity index (χ0) is 20.6. The van der Waals surface area contributed by atoms with Crippen molar-refractivity contribution in [3.8, 4) is 0 Å². The second-order valence-electron chi connectivity index (χ2n) is 8.92. The number of carbonyl (C=O) groups is 1. The van der Waals surface area contributed by atoms with Crippen LogP contribution in [0.25, 0.3) is 0 Å². The summed E-state index contributed by atoms with van der Waals surface area (Å²) in [5, 5.41) is 0. The molecule has 4 rings (SSSR count). The zero-order valence-corrected chi connectivity index (χ0v) is 17.6. The number of piperazine rings is 1. The second kappa shape index (κ2) is 7.79. The van der Waals surface area contributed by atoms with E-state index < -0.39 is 0 Å². The van der Waals surface area contributed by atoms with Crippen LogP contribution in [0.2, 0.25) is 0 Å². The van der Waals surface area contributed by atoms with Crippen LogP contribution in [-0.2, 0) is 4.79 Å². The molecule has 0 unspecified atom stereocenters. The summed E-state index contributed by atoms with van der Waals surface area (Å²) in [4.78, 5) is 19.6. The number of para-hydroxylation sites is 2. The summed E-state index contributed by atoms with van der Waals surface area (Å²) in [5.41, 5.74) is 2.74. The predicted molar refractivity (Wildman–Crippen MR) is 116 cm³/mol. The van der Waals surface area contributed by atoms with E-state index in [9.17, 15) is 9.18 Å². The largest absolute Gasteiger partial charge is 0.367 e. The van der Waals surface area contributed by atoms with Gasteiger partial charge in [-0.2, -0.15) is 0 Å². The maximum absolute atomic E-state index is 14.1. The monoisotopic (exact) mass is 395 g/mol. The minimum absolute atomic E-state index is 0.147. The molecule has 1 saturated heterocycles. The molecule has 29 heavy (non-hydrogen) atoms. The summed E-state index contributed by atoms with van der Waals surface area (Å²) in [5.74, 6) is 0.404. The number of halogens is 1. The predicted octanol–water partition coefficient (Wildman–Crippen LogP) is 4.27. The van der Waals surface area contributed by atoms with E-state index in [4.69, 9.17) is 0 Å². The molecule has 4 nitrogen and oxygen atoms in total. The minimum Gasteiger partial charge on any atom is -0.367 e. The summed E-state index contributed by atoms with van der Waals surface area (Å²) in [6.45, 7) is 9.93. The minimum atomic E-state index is -0.208. The fourth-order valence-electron chi connectivity index (χ4n) is 4.97. The maximum Gasteiger partial charge on any atom is 0.241 e. The number of amides is 1. The van der Waals surface area contributed by atoms with E-state index in [-0.39, 0.29) is 17.3 Å². The average molecular weight is 396 g/mol. The van der Waals surface area contributed by atoms with E-state index in [1.54, 1.807) is 6.07 Å². The molecule has 2 heterocycles. The quantitative estimate of drug-likeness (QED) is 0.777. The Kier molecular flexibility index (Phi) is 5.34. The molecule has 0 aromatic heterocycles. The molecule has 1 fully saturated rings. The van der Waals surface area contributed by atoms with Crippen LogP contribution in [0, 0.1) is 5.82 Å². The van der Waals surface area contributed by atoms with Crippen LogP contribution < -0.4 is 9.80 Å². The van der Waals surface area contributed by atoms with Gasteiger partial charge in [0.05, 0.1) is 12.2 Å². The molecule has 1 amide bonds. The molecule has 0 radical (unpaired) electrons. The summed E-state index contributed by atoms with van der Waals surface area (Å²) < 4.78 is 14.1. The van der Waals surface area contributed by atoms with Crippen molar-refractivity contribution in [3.63, 3.8) is 0 Å². The van der Waals surface area contributed by atoms with Gasteiger partial charge in [0.2, 0.25) is 5.91 Å². The van der Waals surface area contributed by atoms with Crippen LogP contribution >= 0.6 is 0 Å². The van der Waals surface area contributed by atoms with Crippen molar-refractivity contribution in [2.24, 2.45) is 0 Å². The van der Waals surface area contributed by atoms with Crippen LogP contribution in [0.4, 0.5) is 15.8 Å². The molecule has 0 spiro atoms. The lowest BCUT2D eigenvalue weighted by atomic mass is 9.80. The third kappa shape index (κ3) is 3.88. The van der Waals surface area contributed by atoms with Crippen molar-refractivity contribution in [2.45, 2.75) is 38.6 Å². The summed E-state index contributed by atoms with van der Waals surface area (Å²) in [6.07, 6.45) is 0.955. The smallest absolute Gasteiger partial charge is 0.241 e. The van der Waals surface area contributed by atoms with Gasteiger partial charge in [0.15, 0.2) is 0 Å². The molecule has 2 aliphatic rings. The zero-order valence-electron chi connectivity index (χ0n) is 17.6. The molecule has 2 aromatic rings. The van der Waals surface area contributed by atoms with Gasteiger partial charge in [0.25, 0.3) is 0 Å². The third-order valence-corrected chi connectivity index (χ3v) is 6.29. The van der Waals surface area contributed by atoms with E-state index in [0.29, 0.717) is 18.2 Å². The number of carbonyl (C=O) groups excluding carboxylic acids is 1. The number of fused-ring (bicyclic) bond motifs is 1. The Balaban J connectivity index is 1.45. The highest BCUT2D eigenvalue weighted by atomic mass is 19.1. The Morgan fingerprint density at radius 2 is 1.62 bits per heavy atom. The van der Waals surface area contributed by atoms with Crippen LogP contribution in [0.15, 0.2) is 48.5 Å². The normalized spacial score (nSPS) is 21.7. The van der Waals surface area contributed by atoms with Crippen molar-refractivity contribution in [2.75, 3.05) is 42.5 Å². The van der Waals surface area contributed by atoms with E-state index >= 15 is 0 Å². The van der Waals surface area contributed by atoms with Gasteiger partial charge < -0.3 is 9.80 Å². The molecule has 5 heteroatoms. The summed E-state index contributed by atoms with van der Waals surface area (Å²) >= 11 is 0. The molecule has 1 atom stereocenters. The van der Waals surface area contributed by atoms with Crippen LogP contribution in [0.3, 0.4) is 0 Å². The van der Waals surface area contributed by atoms with Crippen LogP contribution in [-0.4, -0.2) is 49.1 Å². The third-order valence-electron chi connectivity index (χ3n) is 6.29. The van der Waals surface area contributed by atoms with Gasteiger partial charge in [-0.1, -0.05) is 37.3 Å². The van der Waals surface area contributed by atoms with E-state index in [0.717, 1.165) is 38.3 Å². The van der Waals surface area contributed by atoms with Crippen LogP contribution in [0.1, 0.15) is 38.7 Å². The molecule has 0 saturated carbocycles. The lowest BCUT2D eigenvalue weighted by Crippen LogP contribution is -2.56. The number of anilines is 2. The van der Waals surface area contributed by atoms with Crippen molar-refractivity contribution < 1.29 is 9.18 Å². The summed E-state index contributed by atoms with van der Waals surface area (Å²) in [6, 6.07) is 15.2. The molecular formula is C24H30FN3O. The lowest BCUT2D eigenvalue weighted by molar-refractivity contribution is -0.121. The van der Waals surface area contributed by atoms with Crippen molar-refractivity contribution in [1.29, 1.82) is 0 Å². The highest BCUT2D eigenvalue weighted by Crippen LogP contribution is 2.43. The number of hydrogen-bond donors (Lipinski definition) is 0.